The second-order valence-electron chi connectivity index (χ2n) is 9.17. The molecule has 0 aliphatic rings. The summed E-state index contributed by atoms with van der Waals surface area (Å²) in [5.74, 6) is -0.387. The van der Waals surface area contributed by atoms with Crippen LogP contribution in [0.1, 0.15) is 32.8 Å². The van der Waals surface area contributed by atoms with Gasteiger partial charge in [0.2, 0.25) is 11.8 Å². The molecule has 0 heterocycles. The lowest BCUT2D eigenvalue weighted by atomic mass is 10.1. The summed E-state index contributed by atoms with van der Waals surface area (Å²) >= 11 is 3.41. The Bertz CT molecular complexity index is 1370. The van der Waals surface area contributed by atoms with E-state index in [-0.39, 0.29) is 29.1 Å². The third kappa shape index (κ3) is 7.83. The van der Waals surface area contributed by atoms with Crippen molar-refractivity contribution in [2.75, 3.05) is 18.0 Å². The van der Waals surface area contributed by atoms with Crippen LogP contribution in [0.3, 0.4) is 0 Å². The number of nitrogens with zero attached hydrogens (tertiary/aromatic N) is 2. The van der Waals surface area contributed by atoms with E-state index in [1.165, 1.54) is 24.1 Å². The van der Waals surface area contributed by atoms with Crippen molar-refractivity contribution in [3.8, 4) is 5.75 Å². The van der Waals surface area contributed by atoms with Gasteiger partial charge in [0.25, 0.3) is 10.0 Å². The first-order valence-corrected chi connectivity index (χ1v) is 14.9. The van der Waals surface area contributed by atoms with Gasteiger partial charge in [-0.05, 0) is 62.2 Å². The first-order valence-electron chi connectivity index (χ1n) is 12.6. The fourth-order valence-corrected chi connectivity index (χ4v) is 5.54. The number of rotatable bonds is 12. The zero-order chi connectivity index (χ0) is 28.6. The minimum Gasteiger partial charge on any atom is -0.497 e. The zero-order valence-corrected chi connectivity index (χ0v) is 24.9. The monoisotopic (exact) mass is 615 g/mol. The molecule has 0 bridgehead atoms. The molecule has 10 heteroatoms. The molecule has 0 spiro atoms. The van der Waals surface area contributed by atoms with Gasteiger partial charge in [0.15, 0.2) is 0 Å². The van der Waals surface area contributed by atoms with Gasteiger partial charge in [0, 0.05) is 23.1 Å². The summed E-state index contributed by atoms with van der Waals surface area (Å²) in [6.45, 7) is 5.11. The van der Waals surface area contributed by atoms with Crippen LogP contribution in [-0.4, -0.2) is 50.9 Å². The van der Waals surface area contributed by atoms with Crippen LogP contribution in [0.4, 0.5) is 5.69 Å². The van der Waals surface area contributed by atoms with Crippen molar-refractivity contribution in [1.82, 2.24) is 10.2 Å². The standard InChI is InChI=1S/C29H34BrN3O5S/c1-5-21(2)31-29(35)22(3)32(19-23-14-16-24(30)17-15-23)28(34)20-33(25-10-9-11-26(18-25)38-4)39(36,37)27-12-7-6-8-13-27/h6-18,21-22H,5,19-20H2,1-4H3,(H,31,35)/t21-,22+/m0/s1. The van der Waals surface area contributed by atoms with Gasteiger partial charge < -0.3 is 15.0 Å². The number of benzene rings is 3. The Morgan fingerprint density at radius 3 is 2.26 bits per heavy atom. The van der Waals surface area contributed by atoms with E-state index in [1.807, 2.05) is 38.1 Å². The number of halogens is 1. The number of carbonyl (C=O) groups is 2. The number of methoxy groups -OCH3 is 1. The number of anilines is 1. The number of nitrogens with one attached hydrogen (secondary N) is 1. The molecule has 0 fully saturated rings. The van der Waals surface area contributed by atoms with Gasteiger partial charge in [-0.2, -0.15) is 0 Å². The topological polar surface area (TPSA) is 96.0 Å². The minimum atomic E-state index is -4.13. The molecule has 3 aromatic rings. The fraction of sp³-hybridized carbons (Fsp3) is 0.310. The predicted molar refractivity (Wildman–Crippen MR) is 156 cm³/mol. The summed E-state index contributed by atoms with van der Waals surface area (Å²) in [6.07, 6.45) is 0.734. The first kappa shape index (κ1) is 30.2. The lowest BCUT2D eigenvalue weighted by Gasteiger charge is -2.32. The van der Waals surface area contributed by atoms with Gasteiger partial charge >= 0.3 is 0 Å². The Hall–Kier alpha value is -3.37. The molecule has 2 amide bonds. The SMILES string of the molecule is CC[C@H](C)NC(=O)[C@@H](C)N(Cc1ccc(Br)cc1)C(=O)CN(c1cccc(OC)c1)S(=O)(=O)c1ccccc1. The second kappa shape index (κ2) is 13.6. The average molecular weight is 617 g/mol. The lowest BCUT2D eigenvalue weighted by molar-refractivity contribution is -0.139. The van der Waals surface area contributed by atoms with Crippen LogP contribution >= 0.6 is 15.9 Å². The van der Waals surface area contributed by atoms with Gasteiger partial charge in [-0.15, -0.1) is 0 Å². The molecule has 8 nitrogen and oxygen atoms in total. The molecule has 0 aromatic heterocycles. The normalized spacial score (nSPS) is 12.7. The molecular formula is C29H34BrN3O5S. The lowest BCUT2D eigenvalue weighted by Crippen LogP contribution is -2.52. The number of hydrogen-bond acceptors (Lipinski definition) is 5. The molecule has 0 unspecified atom stereocenters. The maximum atomic E-state index is 13.9. The molecule has 0 radical (unpaired) electrons. The van der Waals surface area contributed by atoms with Crippen LogP contribution in [0.15, 0.2) is 88.2 Å². The summed E-state index contributed by atoms with van der Waals surface area (Å²) in [5, 5.41) is 2.93. The molecule has 0 saturated carbocycles. The molecule has 3 aromatic carbocycles. The quantitative estimate of drug-likeness (QED) is 0.310. The van der Waals surface area contributed by atoms with E-state index < -0.39 is 28.5 Å². The second-order valence-corrected chi connectivity index (χ2v) is 11.9. The molecule has 0 aliphatic heterocycles. The van der Waals surface area contributed by atoms with Crippen molar-refractivity contribution >= 4 is 43.5 Å². The summed E-state index contributed by atoms with van der Waals surface area (Å²) < 4.78 is 34.9. The van der Waals surface area contributed by atoms with Crippen molar-refractivity contribution in [1.29, 1.82) is 0 Å². The van der Waals surface area contributed by atoms with Crippen LogP contribution in [0.2, 0.25) is 0 Å². The molecule has 0 saturated heterocycles. The fourth-order valence-electron chi connectivity index (χ4n) is 3.85. The third-order valence-corrected chi connectivity index (χ3v) is 8.70. The van der Waals surface area contributed by atoms with Gasteiger partial charge in [-0.1, -0.05) is 59.3 Å². The first-order chi connectivity index (χ1) is 18.6. The molecule has 1 N–H and O–H groups in total. The van der Waals surface area contributed by atoms with Gasteiger partial charge in [-0.3, -0.25) is 13.9 Å². The molecule has 208 valence electrons. The van der Waals surface area contributed by atoms with Crippen LogP contribution in [0, 0.1) is 0 Å². The number of amides is 2. The van der Waals surface area contributed by atoms with E-state index in [4.69, 9.17) is 4.74 Å². The Morgan fingerprint density at radius 1 is 0.974 bits per heavy atom. The van der Waals surface area contributed by atoms with Gasteiger partial charge in [-0.25, -0.2) is 8.42 Å². The van der Waals surface area contributed by atoms with Crippen LogP contribution in [0.25, 0.3) is 0 Å². The maximum absolute atomic E-state index is 13.9. The number of hydrogen-bond donors (Lipinski definition) is 1. The maximum Gasteiger partial charge on any atom is 0.264 e. The third-order valence-electron chi connectivity index (χ3n) is 6.39. The number of ether oxygens (including phenoxy) is 1. The average Bonchev–Trinajstić information content (AvgIpc) is 2.95. The van der Waals surface area contributed by atoms with Crippen molar-refractivity contribution in [2.45, 2.75) is 50.7 Å². The summed E-state index contributed by atoms with van der Waals surface area (Å²) in [5.41, 5.74) is 1.07. The highest BCUT2D eigenvalue weighted by atomic mass is 79.9. The van der Waals surface area contributed by atoms with Crippen molar-refractivity contribution < 1.29 is 22.7 Å². The molecule has 0 aliphatic carbocycles. The predicted octanol–water partition coefficient (Wildman–Crippen LogP) is 4.99. The zero-order valence-electron chi connectivity index (χ0n) is 22.5. The summed E-state index contributed by atoms with van der Waals surface area (Å²) in [7, 11) is -2.65. The highest BCUT2D eigenvalue weighted by Gasteiger charge is 2.32. The van der Waals surface area contributed by atoms with Crippen LogP contribution in [0.5, 0.6) is 5.75 Å². The van der Waals surface area contributed by atoms with E-state index in [2.05, 4.69) is 21.2 Å². The Labute approximate surface area is 239 Å². The Balaban J connectivity index is 2.02. The van der Waals surface area contributed by atoms with Gasteiger partial charge in [0.1, 0.15) is 18.3 Å². The number of carbonyl (C=O) groups excluding carboxylic acids is 2. The van der Waals surface area contributed by atoms with Crippen LogP contribution in [-0.2, 0) is 26.2 Å². The smallest absolute Gasteiger partial charge is 0.264 e. The van der Waals surface area contributed by atoms with Gasteiger partial charge in [0.05, 0.1) is 17.7 Å². The minimum absolute atomic E-state index is 0.0441. The highest BCUT2D eigenvalue weighted by molar-refractivity contribution is 9.10. The Kier molecular flexibility index (Phi) is 10.5. The van der Waals surface area contributed by atoms with Crippen molar-refractivity contribution in [3.05, 3.63) is 88.9 Å². The molecule has 39 heavy (non-hydrogen) atoms. The van der Waals surface area contributed by atoms with E-state index in [9.17, 15) is 18.0 Å². The Morgan fingerprint density at radius 2 is 1.64 bits per heavy atom. The molecule has 3 rings (SSSR count). The van der Waals surface area contributed by atoms with Crippen molar-refractivity contribution in [2.24, 2.45) is 0 Å². The largest absolute Gasteiger partial charge is 0.497 e. The summed E-state index contributed by atoms with van der Waals surface area (Å²) in [4.78, 5) is 28.5. The number of sulfonamides is 1. The van der Waals surface area contributed by atoms with Crippen molar-refractivity contribution in [3.63, 3.8) is 0 Å². The molecular weight excluding hydrogens is 582 g/mol. The van der Waals surface area contributed by atoms with Crippen LogP contribution < -0.4 is 14.4 Å². The summed E-state index contributed by atoms with van der Waals surface area (Å²) in [6, 6.07) is 20.9. The van der Waals surface area contributed by atoms with E-state index in [1.54, 1.807) is 49.4 Å². The van der Waals surface area contributed by atoms with E-state index in [0.29, 0.717) is 5.75 Å². The molecule has 2 atom stereocenters. The highest BCUT2D eigenvalue weighted by Crippen LogP contribution is 2.27. The van der Waals surface area contributed by atoms with E-state index in [0.717, 1.165) is 20.8 Å². The van der Waals surface area contributed by atoms with E-state index >= 15 is 0 Å².